The summed E-state index contributed by atoms with van der Waals surface area (Å²) >= 11 is 0. The molecule has 0 bridgehead atoms. The molecule has 0 saturated carbocycles. The van der Waals surface area contributed by atoms with E-state index < -0.39 is 24.1 Å². The number of imidazole rings is 1. The van der Waals surface area contributed by atoms with Gasteiger partial charge in [0.25, 0.3) is 0 Å². The number of hydrogen-bond acceptors (Lipinski definition) is 8. The Labute approximate surface area is 193 Å². The third kappa shape index (κ3) is 6.37. The molecule has 0 aliphatic carbocycles. The van der Waals surface area contributed by atoms with E-state index in [1.807, 2.05) is 0 Å². The molecule has 186 valence electrons. The number of nitrogens with zero attached hydrogens (tertiary/aromatic N) is 2. The zero-order valence-corrected chi connectivity index (χ0v) is 17.9. The number of alkyl halides is 3. The lowest BCUT2D eigenvalue weighted by Gasteiger charge is -2.12. The zero-order valence-electron chi connectivity index (χ0n) is 17.9. The molecule has 5 N–H and O–H groups in total. The Morgan fingerprint density at radius 3 is 2.31 bits per heavy atom. The van der Waals surface area contributed by atoms with E-state index in [1.54, 1.807) is 0 Å². The highest BCUT2D eigenvalue weighted by atomic mass is 19.4. The first kappa shape index (κ1) is 26.4. The van der Waals surface area contributed by atoms with E-state index in [0.717, 1.165) is 0 Å². The number of aromatic nitrogens is 2. The number of ether oxygens (including phenoxy) is 1. The summed E-state index contributed by atoms with van der Waals surface area (Å²) in [5.74, 6) is -4.71. The Bertz CT molecular complexity index is 1280. The number of aliphatic carboxylic acids is 1. The number of halogens is 3. The maximum absolute atomic E-state index is 11.9. The van der Waals surface area contributed by atoms with Crippen LogP contribution in [0.15, 0.2) is 41.1 Å². The van der Waals surface area contributed by atoms with Gasteiger partial charge in [-0.05, 0) is 24.3 Å². The Hall–Kier alpha value is -4.82. The van der Waals surface area contributed by atoms with Crippen LogP contribution in [0.4, 0.5) is 24.8 Å². The number of rotatable bonds is 5. The van der Waals surface area contributed by atoms with E-state index in [1.165, 1.54) is 55.3 Å². The third-order valence-corrected chi connectivity index (χ3v) is 4.09. The van der Waals surface area contributed by atoms with Gasteiger partial charge in [0, 0.05) is 13.1 Å². The molecule has 0 aliphatic heterocycles. The summed E-state index contributed by atoms with van der Waals surface area (Å²) in [6, 6.07) is 5.59. The van der Waals surface area contributed by atoms with Gasteiger partial charge in [0.2, 0.25) is 11.9 Å². The largest absolute Gasteiger partial charge is 0.490 e. The first-order valence-corrected chi connectivity index (χ1v) is 9.22. The number of furan rings is 1. The molecular weight excluding hydrogens is 481 g/mol. The number of methoxy groups -OCH3 is 1. The minimum atomic E-state index is -5.08. The molecule has 0 aliphatic rings. The molecule has 35 heavy (non-hydrogen) atoms. The van der Waals surface area contributed by atoms with Gasteiger partial charge in [0.05, 0.1) is 30.3 Å². The van der Waals surface area contributed by atoms with Crippen LogP contribution in [0.2, 0.25) is 0 Å². The lowest BCUT2D eigenvalue weighted by Crippen LogP contribution is -2.21. The van der Waals surface area contributed by atoms with Crippen molar-refractivity contribution in [2.45, 2.75) is 13.1 Å². The average molecular weight is 498 g/mol. The number of nitrogens with one attached hydrogen (secondary N) is 1. The van der Waals surface area contributed by atoms with Crippen LogP contribution in [0.3, 0.4) is 0 Å². The number of carboxylic acid groups (broad SMARTS) is 2. The van der Waals surface area contributed by atoms with E-state index in [0.29, 0.717) is 5.69 Å². The van der Waals surface area contributed by atoms with Crippen LogP contribution >= 0.6 is 0 Å². The molecule has 2 heterocycles. The number of nitrogens with two attached hydrogens (primary N) is 1. The molecule has 3 aromatic rings. The lowest BCUT2D eigenvalue weighted by atomic mass is 10.1. The molecule has 0 saturated heterocycles. The van der Waals surface area contributed by atoms with E-state index in [-0.39, 0.29) is 40.1 Å². The molecule has 0 unspecified atom stereocenters. The molecule has 0 fully saturated rings. The van der Waals surface area contributed by atoms with Crippen molar-refractivity contribution in [3.63, 3.8) is 0 Å². The standard InChI is InChI=1S/C18H16N4O6.C2HF3O2/c1-9(23)20-12-4-3-10(16(24)25)7-14(12)22-8-13(21-18(22)19)15-11(5-6-28-15)17(26)27-2;3-2(4,5)1(6)7/h3-8H,1-2H3,(H2,19,21)(H,20,23)(H,24,25);(H,6,7). The van der Waals surface area contributed by atoms with Gasteiger partial charge < -0.3 is 30.4 Å². The van der Waals surface area contributed by atoms with Crippen molar-refractivity contribution >= 4 is 35.5 Å². The number of carboxylic acids is 2. The van der Waals surface area contributed by atoms with Crippen LogP contribution in [0.5, 0.6) is 0 Å². The Balaban J connectivity index is 0.000000540. The predicted molar refractivity (Wildman–Crippen MR) is 112 cm³/mol. The second-order valence-corrected chi connectivity index (χ2v) is 6.53. The molecule has 0 spiro atoms. The normalized spacial score (nSPS) is 10.7. The minimum absolute atomic E-state index is 0.00337. The molecule has 1 amide bonds. The third-order valence-electron chi connectivity index (χ3n) is 4.09. The van der Waals surface area contributed by atoms with Crippen molar-refractivity contribution in [1.29, 1.82) is 0 Å². The van der Waals surface area contributed by atoms with Gasteiger partial charge in [-0.1, -0.05) is 0 Å². The Kier molecular flexibility index (Phi) is 7.86. The molecular formula is C20H17F3N4O8. The fourth-order valence-corrected chi connectivity index (χ4v) is 2.63. The van der Waals surface area contributed by atoms with Crippen LogP contribution in [-0.2, 0) is 14.3 Å². The highest BCUT2D eigenvalue weighted by Crippen LogP contribution is 2.30. The second kappa shape index (κ2) is 10.4. The quantitative estimate of drug-likeness (QED) is 0.381. The van der Waals surface area contributed by atoms with Crippen molar-refractivity contribution in [3.05, 3.63) is 47.9 Å². The van der Waals surface area contributed by atoms with Crippen molar-refractivity contribution in [3.8, 4) is 17.1 Å². The maximum Gasteiger partial charge on any atom is 0.490 e. The highest BCUT2D eigenvalue weighted by Gasteiger charge is 2.38. The van der Waals surface area contributed by atoms with Crippen LogP contribution < -0.4 is 11.1 Å². The number of nitrogen functional groups attached to an aromatic ring is 1. The van der Waals surface area contributed by atoms with Gasteiger partial charge in [-0.3, -0.25) is 9.36 Å². The van der Waals surface area contributed by atoms with Crippen LogP contribution in [0.1, 0.15) is 27.6 Å². The van der Waals surface area contributed by atoms with Crippen molar-refractivity contribution in [2.24, 2.45) is 0 Å². The number of carbonyl (C=O) groups excluding carboxylic acids is 2. The van der Waals surface area contributed by atoms with E-state index in [4.69, 9.17) is 24.8 Å². The van der Waals surface area contributed by atoms with Gasteiger partial charge in [0.1, 0.15) is 11.3 Å². The smallest absolute Gasteiger partial charge is 0.478 e. The molecule has 12 nitrogen and oxygen atoms in total. The SMILES string of the molecule is COC(=O)c1ccoc1-c1cn(-c2cc(C(=O)O)ccc2NC(C)=O)c(N)n1.O=C(O)C(F)(F)F. The monoisotopic (exact) mass is 498 g/mol. The molecule has 2 aromatic heterocycles. The van der Waals surface area contributed by atoms with Crippen LogP contribution in [0.25, 0.3) is 17.1 Å². The molecule has 15 heteroatoms. The predicted octanol–water partition coefficient (Wildman–Crippen LogP) is 2.79. The van der Waals surface area contributed by atoms with Crippen LogP contribution in [-0.4, -0.2) is 56.9 Å². The summed E-state index contributed by atoms with van der Waals surface area (Å²) in [5.41, 5.74) is 7.01. The minimum Gasteiger partial charge on any atom is -0.478 e. The molecule has 3 rings (SSSR count). The van der Waals surface area contributed by atoms with Crippen molar-refractivity contribution in [2.75, 3.05) is 18.2 Å². The van der Waals surface area contributed by atoms with E-state index in [2.05, 4.69) is 10.3 Å². The Morgan fingerprint density at radius 2 is 1.80 bits per heavy atom. The number of anilines is 2. The number of benzene rings is 1. The molecule has 0 atom stereocenters. The van der Waals surface area contributed by atoms with E-state index >= 15 is 0 Å². The summed E-state index contributed by atoms with van der Waals surface area (Å²) in [6.45, 7) is 1.32. The van der Waals surface area contributed by atoms with Gasteiger partial charge in [-0.25, -0.2) is 19.4 Å². The number of carbonyl (C=O) groups is 4. The average Bonchev–Trinajstić information content (AvgIpc) is 3.39. The Morgan fingerprint density at radius 1 is 1.17 bits per heavy atom. The zero-order chi connectivity index (χ0) is 26.5. The fraction of sp³-hybridized carbons (Fsp3) is 0.150. The maximum atomic E-state index is 11.9. The van der Waals surface area contributed by atoms with Crippen molar-refractivity contribution in [1.82, 2.24) is 9.55 Å². The number of amides is 1. The lowest BCUT2D eigenvalue weighted by molar-refractivity contribution is -0.192. The van der Waals surface area contributed by atoms with E-state index in [9.17, 15) is 32.7 Å². The van der Waals surface area contributed by atoms with Gasteiger partial charge >= 0.3 is 24.1 Å². The highest BCUT2D eigenvalue weighted by molar-refractivity contribution is 5.96. The molecule has 0 radical (unpaired) electrons. The fourth-order valence-electron chi connectivity index (χ4n) is 2.63. The number of esters is 1. The summed E-state index contributed by atoms with van der Waals surface area (Å²) < 4.78 is 43.2. The second-order valence-electron chi connectivity index (χ2n) is 6.53. The first-order valence-electron chi connectivity index (χ1n) is 9.22. The van der Waals surface area contributed by atoms with Gasteiger partial charge in [0.15, 0.2) is 5.76 Å². The van der Waals surface area contributed by atoms with Gasteiger partial charge in [-0.2, -0.15) is 13.2 Å². The topological polar surface area (TPSA) is 187 Å². The van der Waals surface area contributed by atoms with Gasteiger partial charge in [-0.15, -0.1) is 0 Å². The number of aromatic carboxylic acids is 1. The summed E-state index contributed by atoms with van der Waals surface area (Å²) in [4.78, 5) is 47.8. The molecule has 1 aromatic carbocycles. The van der Waals surface area contributed by atoms with Crippen molar-refractivity contribution < 1.29 is 51.7 Å². The summed E-state index contributed by atoms with van der Waals surface area (Å²) in [5, 5.41) is 19.0. The summed E-state index contributed by atoms with van der Waals surface area (Å²) in [7, 11) is 1.24. The van der Waals surface area contributed by atoms with Crippen LogP contribution in [0, 0.1) is 0 Å². The first-order chi connectivity index (χ1) is 16.3. The number of hydrogen-bond donors (Lipinski definition) is 4. The summed E-state index contributed by atoms with van der Waals surface area (Å²) in [6.07, 6.45) is -2.31.